The van der Waals surface area contributed by atoms with Gasteiger partial charge >= 0.3 is 0 Å². The fraction of sp³-hybridized carbons (Fsp3) is 0.0476. The summed E-state index contributed by atoms with van der Waals surface area (Å²) in [4.78, 5) is 26.6. The molecule has 4 nitrogen and oxygen atoms in total. The van der Waals surface area contributed by atoms with Crippen molar-refractivity contribution in [2.45, 2.75) is 4.90 Å². The maximum absolute atomic E-state index is 13.0. The van der Waals surface area contributed by atoms with Crippen LogP contribution < -0.4 is 10.6 Å². The Bertz CT molecular complexity index is 1070. The highest BCUT2D eigenvalue weighted by molar-refractivity contribution is 8.00. The Morgan fingerprint density at radius 3 is 2.75 bits per heavy atom. The summed E-state index contributed by atoms with van der Waals surface area (Å²) >= 11 is 2.99. The highest BCUT2D eigenvalue weighted by atomic mass is 32.2. The second-order valence-electron chi connectivity index (χ2n) is 6.08. The number of amides is 2. The largest absolute Gasteiger partial charge is 0.324 e. The minimum absolute atomic E-state index is 0.0458. The van der Waals surface area contributed by atoms with E-state index in [0.717, 1.165) is 20.2 Å². The monoisotopic (exact) mass is 410 g/mol. The molecule has 4 rings (SSSR count). The van der Waals surface area contributed by atoms with Gasteiger partial charge in [0.25, 0.3) is 0 Å². The first-order valence-electron chi connectivity index (χ1n) is 8.48. The van der Waals surface area contributed by atoms with Crippen molar-refractivity contribution in [3.05, 3.63) is 71.4 Å². The van der Waals surface area contributed by atoms with Crippen molar-refractivity contribution in [2.75, 3.05) is 16.4 Å². The topological polar surface area (TPSA) is 58.2 Å². The van der Waals surface area contributed by atoms with Gasteiger partial charge in [-0.05, 0) is 54.1 Å². The van der Waals surface area contributed by atoms with E-state index in [1.165, 1.54) is 41.3 Å². The lowest BCUT2D eigenvalue weighted by Crippen LogP contribution is -2.19. The molecule has 0 atom stereocenters. The second-order valence-corrected chi connectivity index (χ2v) is 8.21. The smallest absolute Gasteiger partial charge is 0.248 e. The minimum Gasteiger partial charge on any atom is -0.324 e. The second kappa shape index (κ2) is 8.00. The third-order valence-electron chi connectivity index (χ3n) is 4.03. The molecule has 7 heteroatoms. The number of carbonyl (C=O) groups excluding carboxylic acids is 2. The van der Waals surface area contributed by atoms with Crippen LogP contribution in [0.4, 0.5) is 15.8 Å². The molecule has 2 heterocycles. The van der Waals surface area contributed by atoms with E-state index in [1.807, 2.05) is 24.3 Å². The van der Waals surface area contributed by atoms with Crippen LogP contribution in [0.2, 0.25) is 0 Å². The molecule has 0 bridgehead atoms. The van der Waals surface area contributed by atoms with E-state index in [9.17, 15) is 14.0 Å². The maximum Gasteiger partial charge on any atom is 0.248 e. The Labute approximate surface area is 169 Å². The number of hydrogen-bond acceptors (Lipinski definition) is 4. The molecule has 2 aromatic carbocycles. The van der Waals surface area contributed by atoms with Gasteiger partial charge in [-0.15, -0.1) is 23.1 Å². The third-order valence-corrected chi connectivity index (χ3v) is 6.21. The summed E-state index contributed by atoms with van der Waals surface area (Å²) in [6.07, 6.45) is 3.20. The van der Waals surface area contributed by atoms with Crippen LogP contribution in [-0.4, -0.2) is 17.6 Å². The van der Waals surface area contributed by atoms with E-state index in [0.29, 0.717) is 17.1 Å². The van der Waals surface area contributed by atoms with Gasteiger partial charge in [0.2, 0.25) is 11.8 Å². The third kappa shape index (κ3) is 4.32. The number of anilines is 2. The van der Waals surface area contributed by atoms with E-state index in [2.05, 4.69) is 10.6 Å². The highest BCUT2D eigenvalue weighted by Crippen LogP contribution is 2.33. The predicted octanol–water partition coefficient (Wildman–Crippen LogP) is 5.25. The van der Waals surface area contributed by atoms with Gasteiger partial charge in [-0.25, -0.2) is 4.39 Å². The van der Waals surface area contributed by atoms with Gasteiger partial charge < -0.3 is 10.6 Å². The van der Waals surface area contributed by atoms with Gasteiger partial charge in [0.1, 0.15) is 5.82 Å². The molecule has 1 aliphatic rings. The Morgan fingerprint density at radius 2 is 1.93 bits per heavy atom. The Morgan fingerprint density at radius 1 is 1.11 bits per heavy atom. The summed E-state index contributed by atoms with van der Waals surface area (Å²) < 4.78 is 13.0. The Balaban J connectivity index is 1.41. The molecule has 0 saturated carbocycles. The SMILES string of the molecule is O=C(C=Cc1ccc(-c2ccc(F)cc2)s1)Nc1ccc2c(c1)NC(=O)CS2. The van der Waals surface area contributed by atoms with Crippen molar-refractivity contribution in [2.24, 2.45) is 0 Å². The minimum atomic E-state index is -0.266. The number of carbonyl (C=O) groups is 2. The van der Waals surface area contributed by atoms with Crippen molar-refractivity contribution in [3.63, 3.8) is 0 Å². The molecule has 3 aromatic rings. The number of fused-ring (bicyclic) bond motifs is 1. The first-order valence-corrected chi connectivity index (χ1v) is 10.3. The van der Waals surface area contributed by atoms with E-state index >= 15 is 0 Å². The molecule has 2 amide bonds. The summed E-state index contributed by atoms with van der Waals surface area (Å²) in [5.74, 6) is -0.165. The predicted molar refractivity (Wildman–Crippen MR) is 113 cm³/mol. The average molecular weight is 410 g/mol. The normalized spacial score (nSPS) is 13.2. The van der Waals surface area contributed by atoms with Crippen molar-refractivity contribution in [1.82, 2.24) is 0 Å². The summed E-state index contributed by atoms with van der Waals surface area (Å²) in [6.45, 7) is 0. The van der Waals surface area contributed by atoms with Crippen LogP contribution in [0.5, 0.6) is 0 Å². The lowest BCUT2D eigenvalue weighted by Gasteiger charge is -2.17. The standard InChI is InChI=1S/C21H15FN2O2S2/c22-14-3-1-13(2-4-14)18-9-6-16(28-18)7-10-20(25)23-15-5-8-19-17(11-15)24-21(26)12-27-19/h1-11H,12H2,(H,23,25)(H,24,26). The van der Waals surface area contributed by atoms with Crippen molar-refractivity contribution < 1.29 is 14.0 Å². The Kier molecular flexibility index (Phi) is 5.27. The molecule has 2 N–H and O–H groups in total. The van der Waals surface area contributed by atoms with Crippen LogP contribution in [-0.2, 0) is 9.59 Å². The van der Waals surface area contributed by atoms with Crippen molar-refractivity contribution >= 4 is 52.4 Å². The molecule has 28 heavy (non-hydrogen) atoms. The summed E-state index contributed by atoms with van der Waals surface area (Å²) in [7, 11) is 0. The Hall–Kier alpha value is -2.90. The molecule has 0 saturated heterocycles. The fourth-order valence-corrected chi connectivity index (χ4v) is 4.42. The molecule has 0 radical (unpaired) electrons. The molecule has 0 aliphatic carbocycles. The quantitative estimate of drug-likeness (QED) is 0.578. The lowest BCUT2D eigenvalue weighted by molar-refractivity contribution is -0.114. The maximum atomic E-state index is 13.0. The van der Waals surface area contributed by atoms with Gasteiger partial charge in [0, 0.05) is 26.4 Å². The van der Waals surface area contributed by atoms with Crippen LogP contribution in [0.3, 0.4) is 0 Å². The number of halogens is 1. The zero-order valence-electron chi connectivity index (χ0n) is 14.6. The van der Waals surface area contributed by atoms with Crippen LogP contribution in [0, 0.1) is 5.82 Å². The number of benzene rings is 2. The summed E-state index contributed by atoms with van der Waals surface area (Å²) in [6, 6.07) is 15.6. The van der Waals surface area contributed by atoms with E-state index < -0.39 is 0 Å². The average Bonchev–Trinajstić information content (AvgIpc) is 3.16. The molecular weight excluding hydrogens is 395 g/mol. The molecular formula is C21H15FN2O2S2. The van der Waals surface area contributed by atoms with E-state index in [-0.39, 0.29) is 17.6 Å². The first-order chi connectivity index (χ1) is 13.6. The van der Waals surface area contributed by atoms with E-state index in [4.69, 9.17) is 0 Å². The summed E-state index contributed by atoms with van der Waals surface area (Å²) in [5, 5.41) is 5.60. The van der Waals surface area contributed by atoms with Crippen LogP contribution in [0.25, 0.3) is 16.5 Å². The van der Waals surface area contributed by atoms with Crippen LogP contribution >= 0.6 is 23.1 Å². The number of rotatable bonds is 4. The number of thiophene rings is 1. The zero-order valence-corrected chi connectivity index (χ0v) is 16.2. The lowest BCUT2D eigenvalue weighted by atomic mass is 10.2. The zero-order chi connectivity index (χ0) is 19.5. The molecule has 1 aromatic heterocycles. The molecule has 0 spiro atoms. The van der Waals surface area contributed by atoms with Gasteiger partial charge in [0.05, 0.1) is 11.4 Å². The number of thioether (sulfide) groups is 1. The van der Waals surface area contributed by atoms with Crippen molar-refractivity contribution in [1.29, 1.82) is 0 Å². The van der Waals surface area contributed by atoms with Crippen LogP contribution in [0.1, 0.15) is 4.88 Å². The fourth-order valence-electron chi connectivity index (χ4n) is 2.71. The molecule has 0 fully saturated rings. The van der Waals surface area contributed by atoms with Gasteiger partial charge in [-0.2, -0.15) is 0 Å². The van der Waals surface area contributed by atoms with E-state index in [1.54, 1.807) is 24.3 Å². The van der Waals surface area contributed by atoms with Crippen molar-refractivity contribution in [3.8, 4) is 10.4 Å². The first kappa shape index (κ1) is 18.5. The molecule has 140 valence electrons. The summed E-state index contributed by atoms with van der Waals surface area (Å²) in [5.41, 5.74) is 2.27. The van der Waals surface area contributed by atoms with Gasteiger partial charge in [-0.3, -0.25) is 9.59 Å². The molecule has 1 aliphatic heterocycles. The van der Waals surface area contributed by atoms with Gasteiger partial charge in [-0.1, -0.05) is 12.1 Å². The highest BCUT2D eigenvalue weighted by Gasteiger charge is 2.15. The van der Waals surface area contributed by atoms with Gasteiger partial charge in [0.15, 0.2) is 0 Å². The van der Waals surface area contributed by atoms with Crippen LogP contribution in [0.15, 0.2) is 65.6 Å². The number of hydrogen-bond donors (Lipinski definition) is 2. The number of nitrogens with one attached hydrogen (secondary N) is 2. The molecule has 0 unspecified atom stereocenters.